The maximum absolute atomic E-state index is 13.9. The lowest BCUT2D eigenvalue weighted by molar-refractivity contribution is 0.636. The number of benzene rings is 1. The summed E-state index contributed by atoms with van der Waals surface area (Å²) in [6.45, 7) is 1.75. The lowest BCUT2D eigenvalue weighted by Crippen LogP contribution is -2.14. The van der Waals surface area contributed by atoms with Gasteiger partial charge in [0.2, 0.25) is 0 Å². The highest BCUT2D eigenvalue weighted by Gasteiger charge is 2.18. The highest BCUT2D eigenvalue weighted by Crippen LogP contribution is 2.36. The summed E-state index contributed by atoms with van der Waals surface area (Å²) in [5, 5.41) is 7.43. The molecule has 0 saturated carbocycles. The fraction of sp³-hybridized carbons (Fsp3) is 0.0625. The SMILES string of the molecule is Cc1nc2c(-c3ccc(F)c4[nH]ncc34)c(N)c(=O)[nH]c2cc1Cl. The maximum Gasteiger partial charge on any atom is 0.272 e. The number of nitrogens with zero attached hydrogens (tertiary/aromatic N) is 2. The van der Waals surface area contributed by atoms with Crippen molar-refractivity contribution in [2.75, 3.05) is 5.73 Å². The van der Waals surface area contributed by atoms with Gasteiger partial charge in [0.25, 0.3) is 5.56 Å². The summed E-state index contributed by atoms with van der Waals surface area (Å²) < 4.78 is 13.9. The normalized spacial score (nSPS) is 11.5. The minimum Gasteiger partial charge on any atom is -0.394 e. The number of pyridine rings is 2. The third-order valence-electron chi connectivity index (χ3n) is 3.98. The molecule has 120 valence electrons. The Kier molecular flexibility index (Phi) is 3.07. The molecule has 8 heteroatoms. The van der Waals surface area contributed by atoms with E-state index in [0.29, 0.717) is 38.3 Å². The largest absolute Gasteiger partial charge is 0.394 e. The fourth-order valence-corrected chi connectivity index (χ4v) is 2.94. The van der Waals surface area contributed by atoms with Crippen LogP contribution in [0.5, 0.6) is 0 Å². The molecule has 0 aliphatic carbocycles. The van der Waals surface area contributed by atoms with Crippen molar-refractivity contribution in [1.82, 2.24) is 20.2 Å². The summed E-state index contributed by atoms with van der Waals surface area (Å²) in [5.41, 5.74) is 8.36. The number of nitrogen functional groups attached to an aromatic ring is 1. The number of aromatic amines is 2. The van der Waals surface area contributed by atoms with Crippen LogP contribution in [0.15, 0.2) is 29.2 Å². The van der Waals surface area contributed by atoms with E-state index in [4.69, 9.17) is 17.3 Å². The van der Waals surface area contributed by atoms with E-state index in [1.807, 2.05) is 0 Å². The molecule has 0 amide bonds. The van der Waals surface area contributed by atoms with E-state index in [2.05, 4.69) is 20.2 Å². The first-order valence-electron chi connectivity index (χ1n) is 7.08. The van der Waals surface area contributed by atoms with Crippen LogP contribution in [0.1, 0.15) is 5.69 Å². The van der Waals surface area contributed by atoms with Crippen LogP contribution < -0.4 is 11.3 Å². The molecule has 4 rings (SSSR count). The lowest BCUT2D eigenvalue weighted by Gasteiger charge is -2.11. The molecule has 0 saturated heterocycles. The molecule has 0 aliphatic rings. The van der Waals surface area contributed by atoms with E-state index in [9.17, 15) is 9.18 Å². The predicted octanol–water partition coefficient (Wildman–Crippen LogP) is 3.15. The van der Waals surface area contributed by atoms with Gasteiger partial charge in [-0.3, -0.25) is 9.89 Å². The molecular formula is C16H11ClFN5O. The molecule has 4 N–H and O–H groups in total. The Morgan fingerprint density at radius 2 is 2.12 bits per heavy atom. The van der Waals surface area contributed by atoms with E-state index >= 15 is 0 Å². The van der Waals surface area contributed by atoms with Gasteiger partial charge in [-0.15, -0.1) is 0 Å². The van der Waals surface area contributed by atoms with Crippen LogP contribution >= 0.6 is 11.6 Å². The summed E-state index contributed by atoms with van der Waals surface area (Å²) in [6, 6.07) is 4.48. The van der Waals surface area contributed by atoms with E-state index in [-0.39, 0.29) is 11.2 Å². The fourth-order valence-electron chi connectivity index (χ4n) is 2.79. The van der Waals surface area contributed by atoms with Gasteiger partial charge < -0.3 is 10.7 Å². The monoisotopic (exact) mass is 343 g/mol. The van der Waals surface area contributed by atoms with Crippen molar-refractivity contribution in [2.45, 2.75) is 6.92 Å². The molecule has 0 aliphatic heterocycles. The number of halogens is 2. The molecule has 0 atom stereocenters. The Balaban J connectivity index is 2.21. The number of aromatic nitrogens is 4. The number of nitrogens with one attached hydrogen (secondary N) is 2. The zero-order chi connectivity index (χ0) is 17.0. The van der Waals surface area contributed by atoms with Gasteiger partial charge in [-0.25, -0.2) is 9.37 Å². The van der Waals surface area contributed by atoms with Crippen LogP contribution in [0.25, 0.3) is 33.1 Å². The van der Waals surface area contributed by atoms with Crippen LogP contribution in [0.2, 0.25) is 5.02 Å². The van der Waals surface area contributed by atoms with Crippen molar-refractivity contribution in [3.8, 4) is 11.1 Å². The summed E-state index contributed by atoms with van der Waals surface area (Å²) >= 11 is 6.10. The predicted molar refractivity (Wildman–Crippen MR) is 91.6 cm³/mol. The third-order valence-corrected chi connectivity index (χ3v) is 4.37. The Morgan fingerprint density at radius 1 is 1.33 bits per heavy atom. The van der Waals surface area contributed by atoms with Crippen molar-refractivity contribution >= 4 is 39.2 Å². The average Bonchev–Trinajstić information content (AvgIpc) is 3.03. The summed E-state index contributed by atoms with van der Waals surface area (Å²) in [5.74, 6) is -0.439. The average molecular weight is 344 g/mol. The number of hydrogen-bond donors (Lipinski definition) is 3. The van der Waals surface area contributed by atoms with Gasteiger partial charge in [-0.2, -0.15) is 5.10 Å². The van der Waals surface area contributed by atoms with Gasteiger partial charge in [0.15, 0.2) is 0 Å². The van der Waals surface area contributed by atoms with Crippen LogP contribution in [-0.2, 0) is 0 Å². The number of fused-ring (bicyclic) bond motifs is 2. The molecule has 0 fully saturated rings. The Labute approximate surface area is 139 Å². The molecule has 4 aromatic rings. The van der Waals surface area contributed by atoms with Gasteiger partial charge in [-0.05, 0) is 24.6 Å². The molecule has 0 radical (unpaired) electrons. The summed E-state index contributed by atoms with van der Waals surface area (Å²) in [7, 11) is 0. The van der Waals surface area contributed by atoms with Gasteiger partial charge >= 0.3 is 0 Å². The molecule has 0 unspecified atom stereocenters. The number of nitrogens with two attached hydrogens (primary N) is 1. The van der Waals surface area contributed by atoms with Crippen LogP contribution in [0.3, 0.4) is 0 Å². The van der Waals surface area contributed by atoms with E-state index in [0.717, 1.165) is 0 Å². The second-order valence-corrected chi connectivity index (χ2v) is 5.86. The van der Waals surface area contributed by atoms with E-state index in [1.165, 1.54) is 12.3 Å². The van der Waals surface area contributed by atoms with Crippen molar-refractivity contribution in [2.24, 2.45) is 0 Å². The van der Waals surface area contributed by atoms with Crippen molar-refractivity contribution in [3.63, 3.8) is 0 Å². The maximum atomic E-state index is 13.9. The van der Waals surface area contributed by atoms with Gasteiger partial charge in [0, 0.05) is 10.9 Å². The molecule has 3 heterocycles. The molecule has 3 aromatic heterocycles. The van der Waals surface area contributed by atoms with Crippen LogP contribution in [-0.4, -0.2) is 20.2 Å². The number of H-pyrrole nitrogens is 2. The minimum absolute atomic E-state index is 0.00540. The third kappa shape index (κ3) is 1.98. The van der Waals surface area contributed by atoms with E-state index in [1.54, 1.807) is 19.1 Å². The number of aryl methyl sites for hydroxylation is 1. The first kappa shape index (κ1) is 14.6. The highest BCUT2D eigenvalue weighted by molar-refractivity contribution is 6.31. The first-order chi connectivity index (χ1) is 11.5. The van der Waals surface area contributed by atoms with Crippen molar-refractivity contribution in [3.05, 3.63) is 51.3 Å². The van der Waals surface area contributed by atoms with Gasteiger partial charge in [-0.1, -0.05) is 17.7 Å². The molecule has 0 spiro atoms. The van der Waals surface area contributed by atoms with Gasteiger partial charge in [0.05, 0.1) is 27.9 Å². The molecule has 0 bridgehead atoms. The summed E-state index contributed by atoms with van der Waals surface area (Å²) in [4.78, 5) is 19.3. The lowest BCUT2D eigenvalue weighted by atomic mass is 9.99. The molecule has 24 heavy (non-hydrogen) atoms. The van der Waals surface area contributed by atoms with Crippen molar-refractivity contribution < 1.29 is 4.39 Å². The quantitative estimate of drug-likeness (QED) is 0.494. The second-order valence-electron chi connectivity index (χ2n) is 5.45. The smallest absolute Gasteiger partial charge is 0.272 e. The zero-order valence-corrected chi connectivity index (χ0v) is 13.2. The number of rotatable bonds is 1. The molecule has 6 nitrogen and oxygen atoms in total. The topological polar surface area (TPSA) is 100 Å². The van der Waals surface area contributed by atoms with Gasteiger partial charge in [0.1, 0.15) is 17.0 Å². The Hall–Kier alpha value is -2.93. The molecular weight excluding hydrogens is 333 g/mol. The van der Waals surface area contributed by atoms with E-state index < -0.39 is 11.4 Å². The second kappa shape index (κ2) is 5.04. The Bertz CT molecular complexity index is 1180. The standard InChI is InChI=1S/C16H11ClFN5O/c1-6-9(17)4-11-15(21-6)12(13(19)16(24)22-11)7-2-3-10(18)14-8(7)5-20-23-14/h2-5H,19H2,1H3,(H,20,23)(H,22,24). The zero-order valence-electron chi connectivity index (χ0n) is 12.4. The highest BCUT2D eigenvalue weighted by atomic mass is 35.5. The molecule has 1 aromatic carbocycles. The van der Waals surface area contributed by atoms with Crippen LogP contribution in [0.4, 0.5) is 10.1 Å². The van der Waals surface area contributed by atoms with Crippen molar-refractivity contribution in [1.29, 1.82) is 0 Å². The summed E-state index contributed by atoms with van der Waals surface area (Å²) in [6.07, 6.45) is 1.49. The number of anilines is 1. The minimum atomic E-state index is -0.458. The number of hydrogen-bond acceptors (Lipinski definition) is 4. The Morgan fingerprint density at radius 3 is 2.92 bits per heavy atom. The van der Waals surface area contributed by atoms with Crippen LogP contribution in [0, 0.1) is 12.7 Å². The first-order valence-corrected chi connectivity index (χ1v) is 7.45.